The minimum atomic E-state index is -4.64. The molecule has 1 atom stereocenters. The van der Waals surface area contributed by atoms with E-state index in [1.807, 2.05) is 0 Å². The molecule has 0 aliphatic rings. The molecule has 0 amide bonds. The van der Waals surface area contributed by atoms with Gasteiger partial charge < -0.3 is 4.57 Å². The van der Waals surface area contributed by atoms with Gasteiger partial charge in [0.1, 0.15) is 5.02 Å². The van der Waals surface area contributed by atoms with Crippen molar-refractivity contribution in [3.63, 3.8) is 0 Å². The smallest absolute Gasteiger partial charge is 0.313 e. The Morgan fingerprint density at radius 1 is 1.08 bits per heavy atom. The highest BCUT2D eigenvalue weighted by Crippen LogP contribution is 2.29. The van der Waals surface area contributed by atoms with E-state index in [0.717, 1.165) is 4.57 Å². The van der Waals surface area contributed by atoms with Crippen LogP contribution in [0.4, 0.5) is 13.2 Å². The molecule has 1 heterocycles. The largest absolute Gasteiger partial charge is 0.417 e. The Hall–Kier alpha value is -1.02. The lowest BCUT2D eigenvalue weighted by Crippen LogP contribution is -2.25. The Balaban J connectivity index is 2.26. The van der Waals surface area contributed by atoms with E-state index >= 15 is 0 Å². The number of nitrogens with zero attached hydrogens (tertiary/aromatic N) is 1. The van der Waals surface area contributed by atoms with Crippen molar-refractivity contribution in [1.82, 2.24) is 4.57 Å². The molecule has 1 aromatic carbocycles. The summed E-state index contributed by atoms with van der Waals surface area (Å²) in [5, 5.41) is -0.0226. The number of benzene rings is 1. The highest BCUT2D eigenvalue weighted by atomic mass is 35.5. The van der Waals surface area contributed by atoms with Crippen molar-refractivity contribution in [2.45, 2.75) is 17.6 Å². The number of hydrogen-bond acceptors (Lipinski definition) is 2. The van der Waals surface area contributed by atoms with Gasteiger partial charge in [0.15, 0.2) is 0 Å². The van der Waals surface area contributed by atoms with Gasteiger partial charge in [0, 0.05) is 23.5 Å². The highest BCUT2D eigenvalue weighted by molar-refractivity contribution is 7.85. The average molecular weight is 419 g/mol. The van der Waals surface area contributed by atoms with Crippen LogP contribution in [0.25, 0.3) is 0 Å². The van der Waals surface area contributed by atoms with Crippen molar-refractivity contribution in [3.8, 4) is 0 Å². The highest BCUT2D eigenvalue weighted by Gasteiger charge is 2.32. The third kappa shape index (κ3) is 4.53. The second-order valence-electron chi connectivity index (χ2n) is 4.70. The molecule has 1 unspecified atom stereocenters. The monoisotopic (exact) mass is 417 g/mol. The molecule has 3 nitrogen and oxygen atoms in total. The van der Waals surface area contributed by atoms with Crippen LogP contribution in [-0.2, 0) is 23.5 Å². The summed E-state index contributed by atoms with van der Waals surface area (Å²) in [5.41, 5.74) is -1.85. The van der Waals surface area contributed by atoms with Gasteiger partial charge in [-0.2, -0.15) is 13.2 Å². The second-order valence-corrected chi connectivity index (χ2v) is 7.49. The zero-order valence-electron chi connectivity index (χ0n) is 11.7. The van der Waals surface area contributed by atoms with Crippen LogP contribution in [-0.4, -0.2) is 14.5 Å². The summed E-state index contributed by atoms with van der Waals surface area (Å²) in [7, 11) is -1.65. The third-order valence-electron chi connectivity index (χ3n) is 3.03. The Kier molecular flexibility index (Phi) is 6.01. The summed E-state index contributed by atoms with van der Waals surface area (Å²) in [6.07, 6.45) is -4.00. The quantitative estimate of drug-likeness (QED) is 0.726. The summed E-state index contributed by atoms with van der Waals surface area (Å²) >= 11 is 17.3. The van der Waals surface area contributed by atoms with Gasteiger partial charge in [-0.15, -0.1) is 0 Å². The zero-order chi connectivity index (χ0) is 18.1. The average Bonchev–Trinajstić information content (AvgIpc) is 2.49. The summed E-state index contributed by atoms with van der Waals surface area (Å²) < 4.78 is 51.4. The molecular formula is C14H9Cl3F3NO2S. The molecule has 0 spiro atoms. The molecule has 10 heteroatoms. The molecule has 24 heavy (non-hydrogen) atoms. The Morgan fingerprint density at radius 3 is 2.38 bits per heavy atom. The Labute approximate surface area is 152 Å². The molecular weight excluding hydrogens is 410 g/mol. The summed E-state index contributed by atoms with van der Waals surface area (Å²) in [5.74, 6) is -0.127. The maximum absolute atomic E-state index is 12.8. The van der Waals surface area contributed by atoms with Crippen LogP contribution in [0.3, 0.4) is 0 Å². The van der Waals surface area contributed by atoms with Crippen LogP contribution in [0.5, 0.6) is 0 Å². The fraction of sp³-hybridized carbons (Fsp3) is 0.214. The molecule has 0 aliphatic carbocycles. The maximum Gasteiger partial charge on any atom is 0.417 e. The fourth-order valence-corrected chi connectivity index (χ4v) is 3.83. The number of alkyl halides is 3. The van der Waals surface area contributed by atoms with Crippen LogP contribution in [0.1, 0.15) is 5.56 Å². The van der Waals surface area contributed by atoms with E-state index < -0.39 is 33.1 Å². The molecule has 0 radical (unpaired) electrons. The van der Waals surface area contributed by atoms with Crippen LogP contribution in [0, 0.1) is 0 Å². The van der Waals surface area contributed by atoms with E-state index in [9.17, 15) is 22.2 Å². The number of aromatic nitrogens is 1. The predicted octanol–water partition coefficient (Wildman–Crippen LogP) is 4.64. The number of hydrogen-bond donors (Lipinski definition) is 0. The van der Waals surface area contributed by atoms with Crippen LogP contribution < -0.4 is 5.56 Å². The molecule has 0 fully saturated rings. The second kappa shape index (κ2) is 7.47. The molecule has 0 aliphatic heterocycles. The van der Waals surface area contributed by atoms with E-state index in [0.29, 0.717) is 17.3 Å². The minimum absolute atomic E-state index is 0.127. The molecule has 130 valence electrons. The van der Waals surface area contributed by atoms with E-state index in [-0.39, 0.29) is 22.2 Å². The number of halogens is 6. The van der Waals surface area contributed by atoms with Gasteiger partial charge in [0.05, 0.1) is 26.3 Å². The standard InChI is InChI=1S/C14H9Cl3F3NO2S/c15-9-1-2-10(16)12(6-9)24(23)4-3-21-7-8(14(18,19)20)5-11(17)13(21)22/h1-2,5-7H,3-4H2. The normalized spacial score (nSPS) is 13.1. The van der Waals surface area contributed by atoms with Crippen molar-refractivity contribution >= 4 is 45.6 Å². The Morgan fingerprint density at radius 2 is 1.75 bits per heavy atom. The summed E-state index contributed by atoms with van der Waals surface area (Å²) in [6.45, 7) is -0.224. The lowest BCUT2D eigenvalue weighted by atomic mass is 10.3. The van der Waals surface area contributed by atoms with E-state index in [1.165, 1.54) is 18.2 Å². The van der Waals surface area contributed by atoms with Gasteiger partial charge in [-0.25, -0.2) is 0 Å². The van der Waals surface area contributed by atoms with Crippen molar-refractivity contribution in [1.29, 1.82) is 0 Å². The van der Waals surface area contributed by atoms with Crippen LogP contribution >= 0.6 is 34.8 Å². The number of aryl methyl sites for hydroxylation is 1. The molecule has 0 saturated heterocycles. The maximum atomic E-state index is 12.8. The lowest BCUT2D eigenvalue weighted by molar-refractivity contribution is -0.138. The van der Waals surface area contributed by atoms with Crippen molar-refractivity contribution in [2.75, 3.05) is 5.75 Å². The van der Waals surface area contributed by atoms with Gasteiger partial charge in [0.2, 0.25) is 0 Å². The first kappa shape index (κ1) is 19.3. The van der Waals surface area contributed by atoms with Gasteiger partial charge in [-0.1, -0.05) is 34.8 Å². The van der Waals surface area contributed by atoms with Crippen LogP contribution in [0.15, 0.2) is 40.2 Å². The van der Waals surface area contributed by atoms with E-state index in [1.54, 1.807) is 0 Å². The first-order valence-corrected chi connectivity index (χ1v) is 8.85. The van der Waals surface area contributed by atoms with Crippen molar-refractivity contribution in [2.24, 2.45) is 0 Å². The summed E-state index contributed by atoms with van der Waals surface area (Å²) in [6, 6.07) is 4.94. The molecule has 1 aromatic heterocycles. The minimum Gasteiger partial charge on any atom is -0.313 e. The predicted molar refractivity (Wildman–Crippen MR) is 88.5 cm³/mol. The summed E-state index contributed by atoms with van der Waals surface area (Å²) in [4.78, 5) is 12.1. The molecule has 0 N–H and O–H groups in total. The topological polar surface area (TPSA) is 39.1 Å². The van der Waals surface area contributed by atoms with Crippen molar-refractivity contribution in [3.05, 3.63) is 61.4 Å². The lowest BCUT2D eigenvalue weighted by Gasteiger charge is -2.12. The molecule has 2 aromatic rings. The van der Waals surface area contributed by atoms with Crippen molar-refractivity contribution < 1.29 is 17.4 Å². The van der Waals surface area contributed by atoms with E-state index in [4.69, 9.17) is 34.8 Å². The van der Waals surface area contributed by atoms with Gasteiger partial charge in [-0.3, -0.25) is 9.00 Å². The Bertz CT molecular complexity index is 852. The molecule has 0 saturated carbocycles. The van der Waals surface area contributed by atoms with E-state index in [2.05, 4.69) is 0 Å². The first-order chi connectivity index (χ1) is 11.1. The van der Waals surface area contributed by atoms with Gasteiger partial charge in [-0.05, 0) is 24.3 Å². The number of rotatable bonds is 4. The van der Waals surface area contributed by atoms with Gasteiger partial charge in [0.25, 0.3) is 5.56 Å². The fourth-order valence-electron chi connectivity index (χ4n) is 1.86. The zero-order valence-corrected chi connectivity index (χ0v) is 14.8. The number of pyridine rings is 1. The molecule has 2 rings (SSSR count). The molecule has 0 bridgehead atoms. The van der Waals surface area contributed by atoms with Crippen LogP contribution in [0.2, 0.25) is 15.1 Å². The van der Waals surface area contributed by atoms with Gasteiger partial charge >= 0.3 is 6.18 Å². The first-order valence-electron chi connectivity index (χ1n) is 6.40. The third-order valence-corrected chi connectivity index (χ3v) is 5.35. The SMILES string of the molecule is O=c1c(Cl)cc(C(F)(F)F)cn1CCS(=O)c1cc(Cl)ccc1Cl.